The van der Waals surface area contributed by atoms with E-state index >= 15 is 0 Å². The van der Waals surface area contributed by atoms with Crippen LogP contribution in [0.1, 0.15) is 31.7 Å². The van der Waals surface area contributed by atoms with E-state index in [2.05, 4.69) is 41.9 Å². The lowest BCUT2D eigenvalue weighted by Crippen LogP contribution is -1.93. The Labute approximate surface area is 121 Å². The number of aryl methyl sites for hydroxylation is 2. The molecule has 0 aromatic carbocycles. The van der Waals surface area contributed by atoms with E-state index in [1.807, 2.05) is 18.2 Å². The van der Waals surface area contributed by atoms with E-state index < -0.39 is 0 Å². The van der Waals surface area contributed by atoms with Crippen molar-refractivity contribution in [2.45, 2.75) is 39.7 Å². The molecule has 0 spiro atoms. The van der Waals surface area contributed by atoms with E-state index in [1.54, 1.807) is 12.4 Å². The van der Waals surface area contributed by atoms with E-state index in [1.165, 1.54) is 31.4 Å². The van der Waals surface area contributed by atoms with Crippen LogP contribution >= 0.6 is 17.0 Å². The molecule has 0 saturated carbocycles. The van der Waals surface area contributed by atoms with Gasteiger partial charge in [0.2, 0.25) is 0 Å². The summed E-state index contributed by atoms with van der Waals surface area (Å²) in [5.41, 5.74) is 1.36. The quantitative estimate of drug-likeness (QED) is 0.752. The molecule has 3 heteroatoms. The average molecular weight is 311 g/mol. The van der Waals surface area contributed by atoms with Gasteiger partial charge >= 0.3 is 0 Å². The average Bonchev–Trinajstić information content (AvgIpc) is 2.79. The highest BCUT2D eigenvalue weighted by atomic mass is 79.9. The zero-order valence-corrected chi connectivity index (χ0v) is 13.0. The highest BCUT2D eigenvalue weighted by molar-refractivity contribution is 8.93. The standard InChI is InChI=1S/C10H17N.C5H5N.BrH/c1-3-4-5-7-11-8-6-10(2)9-11;1-2-4-6-5-3-1;/h6,8-9H,3-5,7H2,1-2H3;1-5H;1H. The summed E-state index contributed by atoms with van der Waals surface area (Å²) in [4.78, 5) is 3.78. The van der Waals surface area contributed by atoms with Gasteiger partial charge in [-0.3, -0.25) is 4.98 Å². The molecule has 2 rings (SSSR count). The topological polar surface area (TPSA) is 17.8 Å². The molecule has 0 radical (unpaired) electrons. The number of rotatable bonds is 4. The van der Waals surface area contributed by atoms with Gasteiger partial charge in [0.1, 0.15) is 0 Å². The third kappa shape index (κ3) is 8.07. The molecular formula is C15H23BrN2. The van der Waals surface area contributed by atoms with Crippen molar-refractivity contribution in [3.8, 4) is 0 Å². The van der Waals surface area contributed by atoms with E-state index in [-0.39, 0.29) is 17.0 Å². The van der Waals surface area contributed by atoms with Crippen molar-refractivity contribution < 1.29 is 0 Å². The van der Waals surface area contributed by atoms with Crippen molar-refractivity contribution in [1.82, 2.24) is 9.55 Å². The molecule has 2 heterocycles. The minimum atomic E-state index is 0. The fraction of sp³-hybridized carbons (Fsp3) is 0.400. The lowest BCUT2D eigenvalue weighted by molar-refractivity contribution is 0.604. The Balaban J connectivity index is 0.000000352. The molecule has 2 nitrogen and oxygen atoms in total. The van der Waals surface area contributed by atoms with Crippen LogP contribution < -0.4 is 0 Å². The molecule has 100 valence electrons. The minimum absolute atomic E-state index is 0. The van der Waals surface area contributed by atoms with E-state index in [9.17, 15) is 0 Å². The molecule has 18 heavy (non-hydrogen) atoms. The smallest absolute Gasteiger partial charge is 0.0267 e. The molecule has 0 N–H and O–H groups in total. The molecule has 0 unspecified atom stereocenters. The van der Waals surface area contributed by atoms with Gasteiger partial charge in [-0.25, -0.2) is 0 Å². The fourth-order valence-corrected chi connectivity index (χ4v) is 1.56. The summed E-state index contributed by atoms with van der Waals surface area (Å²) in [5, 5.41) is 0. The third-order valence-electron chi connectivity index (χ3n) is 2.48. The molecule has 2 aromatic rings. The Hall–Kier alpha value is -1.09. The molecular weight excluding hydrogens is 288 g/mol. The summed E-state index contributed by atoms with van der Waals surface area (Å²) in [5.74, 6) is 0. The van der Waals surface area contributed by atoms with Gasteiger partial charge in [-0.1, -0.05) is 25.8 Å². The van der Waals surface area contributed by atoms with Crippen molar-refractivity contribution in [3.05, 3.63) is 54.6 Å². The second-order valence-electron chi connectivity index (χ2n) is 4.16. The number of hydrogen-bond donors (Lipinski definition) is 0. The molecule has 0 aliphatic carbocycles. The van der Waals surface area contributed by atoms with E-state index in [4.69, 9.17) is 0 Å². The predicted molar refractivity (Wildman–Crippen MR) is 83.3 cm³/mol. The number of hydrogen-bond acceptors (Lipinski definition) is 1. The number of aromatic nitrogens is 2. The van der Waals surface area contributed by atoms with Gasteiger partial charge in [0, 0.05) is 31.3 Å². The van der Waals surface area contributed by atoms with Crippen LogP contribution in [-0.2, 0) is 6.54 Å². The molecule has 0 fully saturated rings. The maximum atomic E-state index is 3.78. The van der Waals surface area contributed by atoms with Gasteiger partial charge in [-0.05, 0) is 37.1 Å². The first-order valence-electron chi connectivity index (χ1n) is 6.30. The Kier molecular flexibility index (Phi) is 10.4. The van der Waals surface area contributed by atoms with Crippen molar-refractivity contribution in [2.24, 2.45) is 0 Å². The van der Waals surface area contributed by atoms with Crippen LogP contribution in [0.25, 0.3) is 0 Å². The number of nitrogens with zero attached hydrogens (tertiary/aromatic N) is 2. The number of halogens is 1. The van der Waals surface area contributed by atoms with Crippen LogP contribution in [0.2, 0.25) is 0 Å². The van der Waals surface area contributed by atoms with Crippen molar-refractivity contribution in [2.75, 3.05) is 0 Å². The zero-order chi connectivity index (χ0) is 12.3. The second-order valence-corrected chi connectivity index (χ2v) is 4.16. The van der Waals surface area contributed by atoms with Crippen molar-refractivity contribution in [1.29, 1.82) is 0 Å². The van der Waals surface area contributed by atoms with E-state index in [0.717, 1.165) is 0 Å². The molecule has 0 aliphatic heterocycles. The van der Waals surface area contributed by atoms with Gasteiger partial charge in [0.15, 0.2) is 0 Å². The maximum Gasteiger partial charge on any atom is 0.0267 e. The van der Waals surface area contributed by atoms with Gasteiger partial charge in [0.25, 0.3) is 0 Å². The van der Waals surface area contributed by atoms with Gasteiger partial charge in [-0.2, -0.15) is 0 Å². The zero-order valence-electron chi connectivity index (χ0n) is 11.2. The van der Waals surface area contributed by atoms with Crippen LogP contribution in [-0.4, -0.2) is 9.55 Å². The molecule has 0 atom stereocenters. The van der Waals surface area contributed by atoms with Crippen LogP contribution in [0.3, 0.4) is 0 Å². The number of pyridine rings is 1. The predicted octanol–water partition coefficient (Wildman–Crippen LogP) is 4.65. The second kappa shape index (κ2) is 11.0. The number of unbranched alkanes of at least 4 members (excludes halogenated alkanes) is 2. The lowest BCUT2D eigenvalue weighted by atomic mass is 10.2. The van der Waals surface area contributed by atoms with Crippen LogP contribution in [0.15, 0.2) is 49.1 Å². The minimum Gasteiger partial charge on any atom is -0.354 e. The monoisotopic (exact) mass is 310 g/mol. The first-order chi connectivity index (χ1) is 8.33. The maximum absolute atomic E-state index is 3.78. The van der Waals surface area contributed by atoms with Crippen molar-refractivity contribution >= 4 is 17.0 Å². The summed E-state index contributed by atoms with van der Waals surface area (Å²) < 4.78 is 2.27. The van der Waals surface area contributed by atoms with Crippen molar-refractivity contribution in [3.63, 3.8) is 0 Å². The normalized spacial score (nSPS) is 9.00. The third-order valence-corrected chi connectivity index (χ3v) is 2.48. The van der Waals surface area contributed by atoms with Crippen LogP contribution in [0, 0.1) is 6.92 Å². The molecule has 0 saturated heterocycles. The van der Waals surface area contributed by atoms with Crippen LogP contribution in [0.5, 0.6) is 0 Å². The lowest BCUT2D eigenvalue weighted by Gasteiger charge is -1.99. The fourth-order valence-electron chi connectivity index (χ4n) is 1.56. The summed E-state index contributed by atoms with van der Waals surface area (Å²) >= 11 is 0. The van der Waals surface area contributed by atoms with Gasteiger partial charge in [-0.15, -0.1) is 17.0 Å². The molecule has 0 bridgehead atoms. The summed E-state index contributed by atoms with van der Waals surface area (Å²) in [6.45, 7) is 5.55. The first-order valence-corrected chi connectivity index (χ1v) is 6.30. The largest absolute Gasteiger partial charge is 0.354 e. The van der Waals surface area contributed by atoms with Crippen LogP contribution in [0.4, 0.5) is 0 Å². The first kappa shape index (κ1) is 16.9. The Bertz CT molecular complexity index is 358. The summed E-state index contributed by atoms with van der Waals surface area (Å²) in [6, 6.07) is 7.87. The van der Waals surface area contributed by atoms with Gasteiger partial charge in [0.05, 0.1) is 0 Å². The molecule has 2 aromatic heterocycles. The molecule has 0 aliphatic rings. The highest BCUT2D eigenvalue weighted by Gasteiger charge is 1.90. The Morgan fingerprint density at radius 2 is 1.83 bits per heavy atom. The Morgan fingerprint density at radius 1 is 1.11 bits per heavy atom. The Morgan fingerprint density at radius 3 is 2.22 bits per heavy atom. The highest BCUT2D eigenvalue weighted by Crippen LogP contribution is 2.02. The summed E-state index contributed by atoms with van der Waals surface area (Å²) in [6.07, 6.45) is 11.8. The van der Waals surface area contributed by atoms with Gasteiger partial charge < -0.3 is 4.57 Å². The van der Waals surface area contributed by atoms with E-state index in [0.29, 0.717) is 0 Å². The SMILES string of the molecule is Br.CCCCCn1ccc(C)c1.c1ccncc1. The summed E-state index contributed by atoms with van der Waals surface area (Å²) in [7, 11) is 0. The molecule has 0 amide bonds.